The molecule has 0 saturated carbocycles. The predicted octanol–water partition coefficient (Wildman–Crippen LogP) is 3.54. The number of anilines is 1. The summed E-state index contributed by atoms with van der Waals surface area (Å²) in [5, 5.41) is 3.60. The number of carbonyl (C=O) groups is 2. The Morgan fingerprint density at radius 1 is 1.04 bits per heavy atom. The lowest BCUT2D eigenvalue weighted by molar-refractivity contribution is -0.123. The third-order valence-corrected chi connectivity index (χ3v) is 6.15. The van der Waals surface area contributed by atoms with Gasteiger partial charge >= 0.3 is 0 Å². The minimum Gasteiger partial charge on any atom is -0.342 e. The topological polar surface area (TPSA) is 54.3 Å². The predicted molar refractivity (Wildman–Crippen MR) is 108 cm³/mol. The summed E-state index contributed by atoms with van der Waals surface area (Å²) in [7, 11) is 0. The van der Waals surface area contributed by atoms with Gasteiger partial charge in [-0.05, 0) is 24.1 Å². The van der Waals surface area contributed by atoms with Crippen molar-refractivity contribution in [1.29, 1.82) is 0 Å². The van der Waals surface area contributed by atoms with Gasteiger partial charge in [-0.25, -0.2) is 0 Å². The van der Waals surface area contributed by atoms with Crippen molar-refractivity contribution in [2.75, 3.05) is 4.90 Å². The normalized spacial score (nSPS) is 19.6. The van der Waals surface area contributed by atoms with Gasteiger partial charge in [-0.2, -0.15) is 0 Å². The van der Waals surface area contributed by atoms with E-state index in [1.165, 1.54) is 5.56 Å². The fourth-order valence-corrected chi connectivity index (χ4v) is 5.19. The number of hydrogen-bond donors (Lipinski definition) is 1. The summed E-state index contributed by atoms with van der Waals surface area (Å²) in [6.45, 7) is 3.05. The van der Waals surface area contributed by atoms with Crippen LogP contribution in [0.3, 0.4) is 0 Å². The van der Waals surface area contributed by atoms with Crippen LogP contribution in [0.4, 0.5) is 5.69 Å². The highest BCUT2D eigenvalue weighted by Gasteiger charge is 2.49. The standard InChI is InChI=1S/C23H19N3O2/c1-2-11-25-16-10-6-4-8-14(16)18-19-21(23(28)24-22(19)27)26-15-9-5-3-7-13(15)12-17(26)20(18)25/h3-10,17H,2,11-12H2,1H3,(H,24,27,28). The Bertz CT molecular complexity index is 1230. The summed E-state index contributed by atoms with van der Waals surface area (Å²) in [5.41, 5.74) is 6.51. The largest absolute Gasteiger partial charge is 0.342 e. The van der Waals surface area contributed by atoms with Gasteiger partial charge in [0.05, 0.1) is 17.3 Å². The molecule has 0 fully saturated rings. The van der Waals surface area contributed by atoms with Crippen molar-refractivity contribution in [2.24, 2.45) is 0 Å². The van der Waals surface area contributed by atoms with E-state index in [1.54, 1.807) is 0 Å². The van der Waals surface area contributed by atoms with Crippen LogP contribution in [0.5, 0.6) is 0 Å². The molecule has 0 spiro atoms. The Labute approximate surface area is 162 Å². The van der Waals surface area contributed by atoms with E-state index in [9.17, 15) is 9.59 Å². The molecular weight excluding hydrogens is 350 g/mol. The molecule has 2 amide bonds. The number of imide groups is 1. The lowest BCUT2D eigenvalue weighted by Gasteiger charge is -2.33. The lowest BCUT2D eigenvalue weighted by atomic mass is 9.92. The third kappa shape index (κ3) is 1.76. The van der Waals surface area contributed by atoms with Crippen LogP contribution in [0.1, 0.15) is 36.2 Å². The summed E-state index contributed by atoms with van der Waals surface area (Å²) in [4.78, 5) is 27.8. The quantitative estimate of drug-likeness (QED) is 0.703. The molecule has 5 nitrogen and oxygen atoms in total. The van der Waals surface area contributed by atoms with Crippen molar-refractivity contribution in [3.63, 3.8) is 0 Å². The van der Waals surface area contributed by atoms with Crippen molar-refractivity contribution in [3.8, 4) is 0 Å². The van der Waals surface area contributed by atoms with Gasteiger partial charge in [0.2, 0.25) is 0 Å². The maximum Gasteiger partial charge on any atom is 0.275 e. The van der Waals surface area contributed by atoms with Crippen molar-refractivity contribution in [3.05, 3.63) is 71.0 Å². The summed E-state index contributed by atoms with van der Waals surface area (Å²) >= 11 is 0. The monoisotopic (exact) mass is 369 g/mol. The van der Waals surface area contributed by atoms with Crippen LogP contribution >= 0.6 is 0 Å². The number of nitrogens with one attached hydrogen (secondary N) is 1. The molecule has 1 N–H and O–H groups in total. The Balaban J connectivity index is 1.76. The van der Waals surface area contributed by atoms with Crippen molar-refractivity contribution in [1.82, 2.24) is 9.88 Å². The first-order valence-corrected chi connectivity index (χ1v) is 9.79. The number of aromatic nitrogens is 1. The van der Waals surface area contributed by atoms with Crippen LogP contribution in [0.15, 0.2) is 54.2 Å². The first-order valence-electron chi connectivity index (χ1n) is 9.79. The lowest BCUT2D eigenvalue weighted by Crippen LogP contribution is -2.34. The Morgan fingerprint density at radius 2 is 1.82 bits per heavy atom. The van der Waals surface area contributed by atoms with Crippen molar-refractivity contribution < 1.29 is 9.59 Å². The first kappa shape index (κ1) is 15.7. The Kier molecular flexibility index (Phi) is 3.00. The molecule has 0 saturated heterocycles. The molecular formula is C23H19N3O2. The average Bonchev–Trinajstić information content (AvgIpc) is 3.32. The number of rotatable bonds is 2. The van der Waals surface area contributed by atoms with E-state index in [0.29, 0.717) is 11.3 Å². The summed E-state index contributed by atoms with van der Waals surface area (Å²) in [6, 6.07) is 16.5. The second-order valence-corrected chi connectivity index (χ2v) is 7.65. The highest BCUT2D eigenvalue weighted by atomic mass is 16.2. The second-order valence-electron chi connectivity index (χ2n) is 7.65. The van der Waals surface area contributed by atoms with Crippen LogP contribution in [0, 0.1) is 0 Å². The number of amides is 2. The van der Waals surface area contributed by atoms with Gasteiger partial charge in [-0.1, -0.05) is 43.3 Å². The smallest absolute Gasteiger partial charge is 0.275 e. The number of carbonyl (C=O) groups excluding carboxylic acids is 2. The van der Waals surface area contributed by atoms with Crippen LogP contribution in [0.2, 0.25) is 0 Å². The van der Waals surface area contributed by atoms with E-state index >= 15 is 0 Å². The van der Waals surface area contributed by atoms with E-state index in [0.717, 1.165) is 47.2 Å². The zero-order valence-electron chi connectivity index (χ0n) is 15.5. The number of hydrogen-bond acceptors (Lipinski definition) is 3. The van der Waals surface area contributed by atoms with E-state index < -0.39 is 0 Å². The highest BCUT2D eigenvalue weighted by molar-refractivity contribution is 6.39. The van der Waals surface area contributed by atoms with E-state index in [-0.39, 0.29) is 17.9 Å². The molecule has 3 aliphatic rings. The molecule has 138 valence electrons. The average molecular weight is 369 g/mol. The maximum absolute atomic E-state index is 12.9. The van der Waals surface area contributed by atoms with Crippen LogP contribution in [0.25, 0.3) is 16.5 Å². The number of para-hydroxylation sites is 2. The van der Waals surface area contributed by atoms with Gasteiger partial charge in [-0.15, -0.1) is 0 Å². The zero-order valence-corrected chi connectivity index (χ0v) is 15.5. The number of nitrogens with zero attached hydrogens (tertiary/aromatic N) is 2. The summed E-state index contributed by atoms with van der Waals surface area (Å²) in [5.74, 6) is -0.580. The molecule has 0 bridgehead atoms. The van der Waals surface area contributed by atoms with E-state index in [4.69, 9.17) is 0 Å². The molecule has 1 atom stereocenters. The molecule has 3 aromatic rings. The minimum absolute atomic E-state index is 0.0294. The van der Waals surface area contributed by atoms with Gasteiger partial charge in [0.1, 0.15) is 5.70 Å². The molecule has 6 rings (SSSR count). The molecule has 3 aliphatic heterocycles. The van der Waals surface area contributed by atoms with Crippen LogP contribution in [-0.4, -0.2) is 16.4 Å². The Hall–Kier alpha value is -3.34. The molecule has 4 heterocycles. The molecule has 0 aliphatic carbocycles. The molecule has 0 radical (unpaired) electrons. The molecule has 1 aromatic heterocycles. The Morgan fingerprint density at radius 3 is 2.68 bits per heavy atom. The number of aryl methyl sites for hydroxylation is 1. The number of benzene rings is 2. The van der Waals surface area contributed by atoms with Crippen LogP contribution in [-0.2, 0) is 22.6 Å². The first-order chi connectivity index (χ1) is 13.7. The zero-order chi connectivity index (χ0) is 19.0. The molecule has 2 aromatic carbocycles. The fourth-order valence-electron chi connectivity index (χ4n) is 5.19. The van der Waals surface area contributed by atoms with Crippen molar-refractivity contribution >= 4 is 34.0 Å². The van der Waals surface area contributed by atoms with Gasteiger partial charge in [-0.3, -0.25) is 14.9 Å². The molecule has 1 unspecified atom stereocenters. The van der Waals surface area contributed by atoms with Gasteiger partial charge < -0.3 is 9.47 Å². The second kappa shape index (κ2) is 5.35. The molecule has 5 heteroatoms. The summed E-state index contributed by atoms with van der Waals surface area (Å²) in [6.07, 6.45) is 1.84. The molecule has 28 heavy (non-hydrogen) atoms. The summed E-state index contributed by atoms with van der Waals surface area (Å²) < 4.78 is 2.36. The van der Waals surface area contributed by atoms with Gasteiger partial charge in [0.25, 0.3) is 11.8 Å². The fraction of sp³-hybridized carbons (Fsp3) is 0.217. The van der Waals surface area contributed by atoms with Crippen molar-refractivity contribution in [2.45, 2.75) is 32.4 Å². The SMILES string of the molecule is CCCn1c2c(c3ccccc31)C1=C(C(=O)NC1=O)N1c3ccccc3CC21. The van der Waals surface area contributed by atoms with Crippen LogP contribution < -0.4 is 10.2 Å². The number of fused-ring (bicyclic) bond motifs is 9. The minimum atomic E-state index is -0.292. The van der Waals surface area contributed by atoms with E-state index in [1.807, 2.05) is 30.3 Å². The van der Waals surface area contributed by atoms with E-state index in [2.05, 4.69) is 39.9 Å². The highest BCUT2D eigenvalue weighted by Crippen LogP contribution is 2.52. The third-order valence-electron chi connectivity index (χ3n) is 6.15. The van der Waals surface area contributed by atoms with Gasteiger partial charge in [0, 0.05) is 35.1 Å². The maximum atomic E-state index is 12.9. The van der Waals surface area contributed by atoms with Gasteiger partial charge in [0.15, 0.2) is 0 Å².